The molecule has 78 valence electrons. The van der Waals surface area contributed by atoms with Gasteiger partial charge in [0.15, 0.2) is 0 Å². The third-order valence-electron chi connectivity index (χ3n) is 1.89. The number of alkyl halides is 1. The summed E-state index contributed by atoms with van der Waals surface area (Å²) in [5.74, 6) is 1.55. The van der Waals surface area contributed by atoms with Crippen molar-refractivity contribution in [3.8, 4) is 0 Å². The molecule has 0 saturated carbocycles. The minimum atomic E-state index is 0.598. The maximum atomic E-state index is 5.71. The number of hydrogen-bond acceptors (Lipinski definition) is 3. The first-order valence-corrected chi connectivity index (χ1v) is 5.13. The number of nitrogens with zero attached hydrogens (tertiary/aromatic N) is 2. The molecular formula is C10H15ClN2O. The van der Waals surface area contributed by atoms with Gasteiger partial charge in [-0.2, -0.15) is 0 Å². The average Bonchev–Trinajstić information content (AvgIpc) is 2.25. The highest BCUT2D eigenvalue weighted by Gasteiger charge is 2.05. The smallest absolute Gasteiger partial charge is 0.128 e. The number of aromatic nitrogens is 1. The van der Waals surface area contributed by atoms with Crippen LogP contribution in [0.25, 0.3) is 0 Å². The standard InChI is InChI=1S/C10H15ClN2O/c1-14-9-8-13(7-5-11)10-4-2-3-6-12-10/h2-4,6H,5,7-9H2,1H3. The van der Waals surface area contributed by atoms with Crippen molar-refractivity contribution in [2.45, 2.75) is 0 Å². The van der Waals surface area contributed by atoms with Crippen molar-refractivity contribution < 1.29 is 4.74 Å². The van der Waals surface area contributed by atoms with Gasteiger partial charge in [-0.15, -0.1) is 11.6 Å². The predicted molar refractivity (Wildman–Crippen MR) is 59.0 cm³/mol. The molecule has 0 fully saturated rings. The van der Waals surface area contributed by atoms with Crippen LogP contribution in [0.1, 0.15) is 0 Å². The number of anilines is 1. The van der Waals surface area contributed by atoms with Crippen molar-refractivity contribution in [3.05, 3.63) is 24.4 Å². The summed E-state index contributed by atoms with van der Waals surface area (Å²) in [6.45, 7) is 2.30. The van der Waals surface area contributed by atoms with E-state index in [2.05, 4.69) is 9.88 Å². The summed E-state index contributed by atoms with van der Waals surface area (Å²) >= 11 is 5.71. The molecule has 1 aromatic rings. The van der Waals surface area contributed by atoms with Crippen molar-refractivity contribution in [1.82, 2.24) is 4.98 Å². The highest BCUT2D eigenvalue weighted by Crippen LogP contribution is 2.08. The van der Waals surface area contributed by atoms with Crippen LogP contribution in [0, 0.1) is 0 Å². The van der Waals surface area contributed by atoms with Gasteiger partial charge in [-0.05, 0) is 12.1 Å². The molecule has 0 radical (unpaired) electrons. The first-order valence-electron chi connectivity index (χ1n) is 4.59. The van der Waals surface area contributed by atoms with E-state index in [-0.39, 0.29) is 0 Å². The summed E-state index contributed by atoms with van der Waals surface area (Å²) in [4.78, 5) is 6.37. The van der Waals surface area contributed by atoms with Crippen LogP contribution in [0.3, 0.4) is 0 Å². The van der Waals surface area contributed by atoms with Gasteiger partial charge in [0.1, 0.15) is 5.82 Å². The van der Waals surface area contributed by atoms with Crippen LogP contribution in [0.5, 0.6) is 0 Å². The first-order chi connectivity index (χ1) is 6.88. The lowest BCUT2D eigenvalue weighted by molar-refractivity contribution is 0.205. The highest BCUT2D eigenvalue weighted by molar-refractivity contribution is 6.18. The second-order valence-electron chi connectivity index (χ2n) is 2.86. The van der Waals surface area contributed by atoms with Gasteiger partial charge < -0.3 is 9.64 Å². The number of rotatable bonds is 6. The van der Waals surface area contributed by atoms with E-state index < -0.39 is 0 Å². The molecule has 0 bridgehead atoms. The van der Waals surface area contributed by atoms with Gasteiger partial charge in [-0.3, -0.25) is 0 Å². The maximum absolute atomic E-state index is 5.71. The first kappa shape index (κ1) is 11.3. The fourth-order valence-electron chi connectivity index (χ4n) is 1.19. The van der Waals surface area contributed by atoms with Crippen LogP contribution in [-0.2, 0) is 4.74 Å². The largest absolute Gasteiger partial charge is 0.383 e. The number of hydrogen-bond donors (Lipinski definition) is 0. The van der Waals surface area contributed by atoms with Crippen molar-refractivity contribution in [3.63, 3.8) is 0 Å². The van der Waals surface area contributed by atoms with E-state index in [0.717, 1.165) is 18.9 Å². The molecule has 0 aliphatic rings. The van der Waals surface area contributed by atoms with Gasteiger partial charge in [0, 0.05) is 32.3 Å². The lowest BCUT2D eigenvalue weighted by atomic mass is 10.4. The van der Waals surface area contributed by atoms with E-state index in [0.29, 0.717) is 12.5 Å². The molecule has 14 heavy (non-hydrogen) atoms. The minimum absolute atomic E-state index is 0.598. The molecule has 0 atom stereocenters. The second-order valence-corrected chi connectivity index (χ2v) is 3.23. The summed E-state index contributed by atoms with van der Waals surface area (Å²) in [5, 5.41) is 0. The van der Waals surface area contributed by atoms with Crippen LogP contribution < -0.4 is 4.90 Å². The number of halogens is 1. The Kier molecular flexibility index (Phi) is 5.33. The summed E-state index contributed by atoms with van der Waals surface area (Å²) in [6, 6.07) is 5.84. The van der Waals surface area contributed by atoms with E-state index in [1.807, 2.05) is 18.2 Å². The molecular weight excluding hydrogens is 200 g/mol. The molecule has 0 aliphatic heterocycles. The Labute approximate surface area is 89.7 Å². The molecule has 0 spiro atoms. The van der Waals surface area contributed by atoms with Gasteiger partial charge >= 0.3 is 0 Å². The quantitative estimate of drug-likeness (QED) is 0.675. The molecule has 1 heterocycles. The van der Waals surface area contributed by atoms with Crippen LogP contribution in [0.4, 0.5) is 5.82 Å². The molecule has 1 aromatic heterocycles. The maximum Gasteiger partial charge on any atom is 0.128 e. The molecule has 0 saturated heterocycles. The molecule has 0 unspecified atom stereocenters. The summed E-state index contributed by atoms with van der Waals surface area (Å²) in [6.07, 6.45) is 1.78. The Morgan fingerprint density at radius 1 is 1.43 bits per heavy atom. The van der Waals surface area contributed by atoms with E-state index in [4.69, 9.17) is 16.3 Å². The SMILES string of the molecule is COCCN(CCCl)c1ccccn1. The van der Waals surface area contributed by atoms with Gasteiger partial charge in [-0.1, -0.05) is 6.07 Å². The second kappa shape index (κ2) is 6.62. The van der Waals surface area contributed by atoms with Crippen LogP contribution >= 0.6 is 11.6 Å². The van der Waals surface area contributed by atoms with Crippen LogP contribution in [0.2, 0.25) is 0 Å². The topological polar surface area (TPSA) is 25.4 Å². The zero-order valence-electron chi connectivity index (χ0n) is 8.32. The Balaban J connectivity index is 2.58. The van der Waals surface area contributed by atoms with Gasteiger partial charge in [-0.25, -0.2) is 4.98 Å². The zero-order chi connectivity index (χ0) is 10.2. The van der Waals surface area contributed by atoms with Crippen LogP contribution in [-0.4, -0.2) is 37.7 Å². The number of methoxy groups -OCH3 is 1. The lowest BCUT2D eigenvalue weighted by Crippen LogP contribution is -2.29. The van der Waals surface area contributed by atoms with E-state index in [9.17, 15) is 0 Å². The summed E-state index contributed by atoms with van der Waals surface area (Å²) < 4.78 is 5.03. The molecule has 0 aliphatic carbocycles. The predicted octanol–water partition coefficient (Wildman–Crippen LogP) is 1.77. The van der Waals surface area contributed by atoms with E-state index in [1.54, 1.807) is 13.3 Å². The third kappa shape index (κ3) is 3.52. The highest BCUT2D eigenvalue weighted by atomic mass is 35.5. The molecule has 4 heteroatoms. The number of ether oxygens (including phenoxy) is 1. The fourth-order valence-corrected chi connectivity index (χ4v) is 1.39. The molecule has 0 N–H and O–H groups in total. The Hall–Kier alpha value is -0.800. The van der Waals surface area contributed by atoms with Crippen molar-refractivity contribution in [2.75, 3.05) is 37.6 Å². The minimum Gasteiger partial charge on any atom is -0.383 e. The van der Waals surface area contributed by atoms with Crippen LogP contribution in [0.15, 0.2) is 24.4 Å². The van der Waals surface area contributed by atoms with Gasteiger partial charge in [0.25, 0.3) is 0 Å². The van der Waals surface area contributed by atoms with E-state index >= 15 is 0 Å². The Morgan fingerprint density at radius 2 is 2.29 bits per heavy atom. The molecule has 0 amide bonds. The van der Waals surface area contributed by atoms with E-state index in [1.165, 1.54) is 0 Å². The number of pyridine rings is 1. The average molecular weight is 215 g/mol. The van der Waals surface area contributed by atoms with Crippen molar-refractivity contribution in [2.24, 2.45) is 0 Å². The van der Waals surface area contributed by atoms with Gasteiger partial charge in [0.2, 0.25) is 0 Å². The summed E-state index contributed by atoms with van der Waals surface area (Å²) in [5.41, 5.74) is 0. The fraction of sp³-hybridized carbons (Fsp3) is 0.500. The summed E-state index contributed by atoms with van der Waals surface area (Å²) in [7, 11) is 1.69. The Morgan fingerprint density at radius 3 is 2.86 bits per heavy atom. The lowest BCUT2D eigenvalue weighted by Gasteiger charge is -2.21. The normalized spacial score (nSPS) is 10.1. The van der Waals surface area contributed by atoms with Crippen molar-refractivity contribution >= 4 is 17.4 Å². The Bertz CT molecular complexity index is 243. The molecule has 1 rings (SSSR count). The third-order valence-corrected chi connectivity index (χ3v) is 2.06. The molecule has 3 nitrogen and oxygen atoms in total. The zero-order valence-corrected chi connectivity index (χ0v) is 9.07. The van der Waals surface area contributed by atoms with Crippen molar-refractivity contribution in [1.29, 1.82) is 0 Å². The van der Waals surface area contributed by atoms with Gasteiger partial charge in [0.05, 0.1) is 6.61 Å². The monoisotopic (exact) mass is 214 g/mol. The molecule has 0 aromatic carbocycles.